The fourth-order valence-corrected chi connectivity index (χ4v) is 2.52. The van der Waals surface area contributed by atoms with E-state index in [0.717, 1.165) is 28.9 Å². The lowest BCUT2D eigenvalue weighted by atomic mass is 10.1. The highest BCUT2D eigenvalue weighted by Gasteiger charge is 2.07. The molecule has 0 atom stereocenters. The van der Waals surface area contributed by atoms with Gasteiger partial charge >= 0.3 is 0 Å². The van der Waals surface area contributed by atoms with E-state index in [2.05, 4.69) is 46.4 Å². The summed E-state index contributed by atoms with van der Waals surface area (Å²) in [7, 11) is 0. The molecule has 0 bridgehead atoms. The third-order valence-corrected chi connectivity index (χ3v) is 3.73. The van der Waals surface area contributed by atoms with Gasteiger partial charge in [0.05, 0.1) is 5.02 Å². The molecule has 1 N–H and O–H groups in total. The summed E-state index contributed by atoms with van der Waals surface area (Å²) in [6.45, 7) is 5.90. The molecular weight excluding hydrogens is 338 g/mol. The standard InChI is InChI=1S/C16H17BrClNO/c1-3-19-10-12-5-4-11(2)16(8-12)20-15-7-6-13(17)9-14(15)18/h4-9,19H,3,10H2,1-2H3. The number of nitrogens with one attached hydrogen (secondary N) is 1. The average Bonchev–Trinajstić information content (AvgIpc) is 2.42. The monoisotopic (exact) mass is 353 g/mol. The second-order valence-corrected chi connectivity index (χ2v) is 5.88. The highest BCUT2D eigenvalue weighted by Crippen LogP contribution is 2.33. The first kappa shape index (κ1) is 15.4. The highest BCUT2D eigenvalue weighted by molar-refractivity contribution is 9.10. The van der Waals surface area contributed by atoms with Crippen LogP contribution in [0.15, 0.2) is 40.9 Å². The summed E-state index contributed by atoms with van der Waals surface area (Å²) in [4.78, 5) is 0. The van der Waals surface area contributed by atoms with E-state index in [-0.39, 0.29) is 0 Å². The van der Waals surface area contributed by atoms with Crippen LogP contribution in [-0.2, 0) is 6.54 Å². The molecule has 2 aromatic rings. The van der Waals surface area contributed by atoms with Crippen molar-refractivity contribution in [2.75, 3.05) is 6.54 Å². The zero-order chi connectivity index (χ0) is 14.5. The number of hydrogen-bond donors (Lipinski definition) is 1. The first-order valence-electron chi connectivity index (χ1n) is 6.53. The molecule has 106 valence electrons. The molecule has 0 unspecified atom stereocenters. The van der Waals surface area contributed by atoms with Crippen molar-refractivity contribution >= 4 is 27.5 Å². The van der Waals surface area contributed by atoms with E-state index in [9.17, 15) is 0 Å². The van der Waals surface area contributed by atoms with E-state index in [0.29, 0.717) is 10.8 Å². The maximum absolute atomic E-state index is 6.19. The van der Waals surface area contributed by atoms with Crippen LogP contribution in [0.1, 0.15) is 18.1 Å². The molecular formula is C16H17BrClNO. The van der Waals surface area contributed by atoms with Crippen LogP contribution in [0, 0.1) is 6.92 Å². The van der Waals surface area contributed by atoms with Crippen LogP contribution in [0.2, 0.25) is 5.02 Å². The summed E-state index contributed by atoms with van der Waals surface area (Å²) in [5.74, 6) is 1.50. The van der Waals surface area contributed by atoms with Crippen molar-refractivity contribution in [2.24, 2.45) is 0 Å². The molecule has 20 heavy (non-hydrogen) atoms. The predicted octanol–water partition coefficient (Wildman–Crippen LogP) is 5.31. The first-order valence-corrected chi connectivity index (χ1v) is 7.70. The lowest BCUT2D eigenvalue weighted by molar-refractivity contribution is 0.478. The number of benzene rings is 2. The molecule has 0 aromatic heterocycles. The number of aryl methyl sites for hydroxylation is 1. The summed E-state index contributed by atoms with van der Waals surface area (Å²) < 4.78 is 6.87. The summed E-state index contributed by atoms with van der Waals surface area (Å²) >= 11 is 9.58. The van der Waals surface area contributed by atoms with Crippen molar-refractivity contribution in [2.45, 2.75) is 20.4 Å². The molecule has 0 spiro atoms. The van der Waals surface area contributed by atoms with E-state index in [1.807, 2.05) is 25.1 Å². The number of hydrogen-bond acceptors (Lipinski definition) is 2. The van der Waals surface area contributed by atoms with Gasteiger partial charge in [-0.15, -0.1) is 0 Å². The fraction of sp³-hybridized carbons (Fsp3) is 0.250. The molecule has 2 nitrogen and oxygen atoms in total. The topological polar surface area (TPSA) is 21.3 Å². The van der Waals surface area contributed by atoms with Crippen LogP contribution < -0.4 is 10.1 Å². The minimum absolute atomic E-state index is 0.593. The van der Waals surface area contributed by atoms with Gasteiger partial charge in [-0.2, -0.15) is 0 Å². The van der Waals surface area contributed by atoms with E-state index < -0.39 is 0 Å². The Morgan fingerprint density at radius 3 is 2.65 bits per heavy atom. The second kappa shape index (κ2) is 7.11. The van der Waals surface area contributed by atoms with Gasteiger partial charge in [0.2, 0.25) is 0 Å². The Bertz CT molecular complexity index is 601. The van der Waals surface area contributed by atoms with Gasteiger partial charge in [0.1, 0.15) is 11.5 Å². The second-order valence-electron chi connectivity index (χ2n) is 4.56. The third kappa shape index (κ3) is 3.98. The fourth-order valence-electron chi connectivity index (χ4n) is 1.81. The van der Waals surface area contributed by atoms with Gasteiger partial charge < -0.3 is 10.1 Å². The summed E-state index contributed by atoms with van der Waals surface area (Å²) in [5.41, 5.74) is 2.28. The Kier molecular flexibility index (Phi) is 5.46. The van der Waals surface area contributed by atoms with E-state index in [1.54, 1.807) is 0 Å². The Labute approximate surface area is 133 Å². The van der Waals surface area contributed by atoms with Gasteiger partial charge in [0.25, 0.3) is 0 Å². The highest BCUT2D eigenvalue weighted by atomic mass is 79.9. The lowest BCUT2D eigenvalue weighted by Gasteiger charge is -2.12. The minimum Gasteiger partial charge on any atom is -0.456 e. The molecule has 0 heterocycles. The van der Waals surface area contributed by atoms with Crippen molar-refractivity contribution in [3.05, 3.63) is 57.0 Å². The van der Waals surface area contributed by atoms with Crippen molar-refractivity contribution in [3.63, 3.8) is 0 Å². The van der Waals surface area contributed by atoms with Gasteiger partial charge in [-0.25, -0.2) is 0 Å². The molecule has 2 aromatic carbocycles. The smallest absolute Gasteiger partial charge is 0.146 e. The number of halogens is 2. The first-order chi connectivity index (χ1) is 9.60. The maximum Gasteiger partial charge on any atom is 0.146 e. The Balaban J connectivity index is 2.23. The molecule has 0 fully saturated rings. The molecule has 0 aliphatic heterocycles. The van der Waals surface area contributed by atoms with Crippen molar-refractivity contribution in [1.29, 1.82) is 0 Å². The zero-order valence-corrected chi connectivity index (χ0v) is 13.9. The summed E-state index contributed by atoms with van der Waals surface area (Å²) in [6, 6.07) is 11.8. The van der Waals surface area contributed by atoms with Crippen molar-refractivity contribution in [3.8, 4) is 11.5 Å². The largest absolute Gasteiger partial charge is 0.456 e. The summed E-state index contributed by atoms with van der Waals surface area (Å²) in [6.07, 6.45) is 0. The third-order valence-electron chi connectivity index (χ3n) is 2.95. The van der Waals surface area contributed by atoms with Gasteiger partial charge in [0.15, 0.2) is 0 Å². The average molecular weight is 355 g/mol. The van der Waals surface area contributed by atoms with Crippen LogP contribution in [0.3, 0.4) is 0 Å². The molecule has 0 amide bonds. The lowest BCUT2D eigenvalue weighted by Crippen LogP contribution is -2.11. The van der Waals surface area contributed by atoms with Crippen LogP contribution in [0.25, 0.3) is 0 Å². The quantitative estimate of drug-likeness (QED) is 0.785. The Hall–Kier alpha value is -1.03. The van der Waals surface area contributed by atoms with Crippen LogP contribution in [0.4, 0.5) is 0 Å². The molecule has 0 saturated heterocycles. The van der Waals surface area contributed by atoms with Crippen LogP contribution in [-0.4, -0.2) is 6.54 Å². The van der Waals surface area contributed by atoms with Gasteiger partial charge in [-0.3, -0.25) is 0 Å². The van der Waals surface area contributed by atoms with E-state index in [4.69, 9.17) is 16.3 Å². The summed E-state index contributed by atoms with van der Waals surface area (Å²) in [5, 5.41) is 3.90. The molecule has 0 aliphatic carbocycles. The van der Waals surface area contributed by atoms with Crippen molar-refractivity contribution in [1.82, 2.24) is 5.32 Å². The molecule has 2 rings (SSSR count). The van der Waals surface area contributed by atoms with E-state index >= 15 is 0 Å². The van der Waals surface area contributed by atoms with Gasteiger partial charge in [-0.05, 0) is 48.9 Å². The molecule has 0 aliphatic rings. The Morgan fingerprint density at radius 2 is 1.95 bits per heavy atom. The normalized spacial score (nSPS) is 10.6. The van der Waals surface area contributed by atoms with Crippen LogP contribution >= 0.6 is 27.5 Å². The number of ether oxygens (including phenoxy) is 1. The maximum atomic E-state index is 6.19. The minimum atomic E-state index is 0.593. The van der Waals surface area contributed by atoms with Gasteiger partial charge in [-0.1, -0.05) is 46.6 Å². The molecule has 4 heteroatoms. The Morgan fingerprint density at radius 1 is 1.15 bits per heavy atom. The predicted molar refractivity (Wildman–Crippen MR) is 87.8 cm³/mol. The zero-order valence-electron chi connectivity index (χ0n) is 11.5. The van der Waals surface area contributed by atoms with E-state index in [1.165, 1.54) is 5.56 Å². The molecule has 0 saturated carbocycles. The van der Waals surface area contributed by atoms with Crippen LogP contribution in [0.5, 0.6) is 11.5 Å². The molecule has 0 radical (unpaired) electrons. The van der Waals surface area contributed by atoms with Crippen molar-refractivity contribution < 1.29 is 4.74 Å². The van der Waals surface area contributed by atoms with Gasteiger partial charge in [0, 0.05) is 11.0 Å². The number of rotatable bonds is 5. The SMILES string of the molecule is CCNCc1ccc(C)c(Oc2ccc(Br)cc2Cl)c1.